The molecule has 3 nitrogen and oxygen atoms in total. The van der Waals surface area contributed by atoms with Crippen LogP contribution in [-0.2, 0) is 0 Å². The van der Waals surface area contributed by atoms with Crippen LogP contribution in [0.15, 0.2) is 34.1 Å². The van der Waals surface area contributed by atoms with E-state index in [4.69, 9.17) is 16.9 Å². The Hall–Kier alpha value is -1.48. The Bertz CT molecular complexity index is 805. The SMILES string of the molecule is N#Cc1ccc(-c2nc(Cl)nc3c(Br)csc23)cc1. The van der Waals surface area contributed by atoms with Gasteiger partial charge in [0.1, 0.15) is 5.52 Å². The summed E-state index contributed by atoms with van der Waals surface area (Å²) in [5, 5.41) is 11.0. The van der Waals surface area contributed by atoms with Gasteiger partial charge in [0, 0.05) is 10.9 Å². The second-order valence-corrected chi connectivity index (χ2v) is 5.86. The van der Waals surface area contributed by atoms with Crippen LogP contribution in [0, 0.1) is 11.3 Å². The van der Waals surface area contributed by atoms with Crippen molar-refractivity contribution in [2.45, 2.75) is 0 Å². The van der Waals surface area contributed by atoms with E-state index in [0.29, 0.717) is 5.56 Å². The molecule has 1 aromatic carbocycles. The summed E-state index contributed by atoms with van der Waals surface area (Å²) in [6.07, 6.45) is 0. The fourth-order valence-electron chi connectivity index (χ4n) is 1.76. The van der Waals surface area contributed by atoms with Gasteiger partial charge in [0.25, 0.3) is 0 Å². The first-order valence-electron chi connectivity index (χ1n) is 5.30. The first-order valence-corrected chi connectivity index (χ1v) is 7.35. The van der Waals surface area contributed by atoms with Gasteiger partial charge < -0.3 is 0 Å². The third-order valence-electron chi connectivity index (χ3n) is 2.63. The molecule has 0 fully saturated rings. The zero-order valence-electron chi connectivity index (χ0n) is 9.39. The lowest BCUT2D eigenvalue weighted by molar-refractivity contribution is 1.23. The number of halogens is 2. The Kier molecular flexibility index (Phi) is 3.23. The second kappa shape index (κ2) is 4.89. The fourth-order valence-corrected chi connectivity index (χ4v) is 3.50. The van der Waals surface area contributed by atoms with Crippen LogP contribution < -0.4 is 0 Å². The zero-order valence-corrected chi connectivity index (χ0v) is 12.6. The highest BCUT2D eigenvalue weighted by atomic mass is 79.9. The Morgan fingerprint density at radius 2 is 1.95 bits per heavy atom. The van der Waals surface area contributed by atoms with E-state index in [9.17, 15) is 0 Å². The monoisotopic (exact) mass is 349 g/mol. The van der Waals surface area contributed by atoms with Crippen LogP contribution in [-0.4, -0.2) is 9.97 Å². The molecule has 92 valence electrons. The van der Waals surface area contributed by atoms with Crippen LogP contribution in [0.25, 0.3) is 21.5 Å². The summed E-state index contributed by atoms with van der Waals surface area (Å²) in [5.74, 6) is 0. The molecule has 3 aromatic rings. The second-order valence-electron chi connectivity index (χ2n) is 3.79. The highest BCUT2D eigenvalue weighted by Gasteiger charge is 2.13. The van der Waals surface area contributed by atoms with Crippen LogP contribution in [0.2, 0.25) is 5.28 Å². The summed E-state index contributed by atoms with van der Waals surface area (Å²) >= 11 is 11.0. The average molecular weight is 351 g/mol. The number of hydrogen-bond acceptors (Lipinski definition) is 4. The largest absolute Gasteiger partial charge is 0.223 e. The first kappa shape index (κ1) is 12.5. The van der Waals surface area contributed by atoms with Crippen LogP contribution in [0.4, 0.5) is 0 Å². The van der Waals surface area contributed by atoms with E-state index in [0.717, 1.165) is 25.9 Å². The molecule has 3 rings (SSSR count). The van der Waals surface area contributed by atoms with E-state index in [1.165, 1.54) is 0 Å². The van der Waals surface area contributed by atoms with Crippen molar-refractivity contribution in [3.05, 3.63) is 45.0 Å². The summed E-state index contributed by atoms with van der Waals surface area (Å²) in [5.41, 5.74) is 3.13. The van der Waals surface area contributed by atoms with Crippen molar-refractivity contribution in [3.8, 4) is 17.3 Å². The maximum absolute atomic E-state index is 8.82. The van der Waals surface area contributed by atoms with Crippen molar-refractivity contribution < 1.29 is 0 Å². The van der Waals surface area contributed by atoms with Gasteiger partial charge in [0.15, 0.2) is 0 Å². The Labute approximate surface area is 126 Å². The number of benzene rings is 1. The summed E-state index contributed by atoms with van der Waals surface area (Å²) in [7, 11) is 0. The van der Waals surface area contributed by atoms with E-state index >= 15 is 0 Å². The number of rotatable bonds is 1. The van der Waals surface area contributed by atoms with E-state index in [1.54, 1.807) is 23.5 Å². The van der Waals surface area contributed by atoms with Gasteiger partial charge in [-0.15, -0.1) is 11.3 Å². The molecule has 0 unspecified atom stereocenters. The van der Waals surface area contributed by atoms with Gasteiger partial charge in [0.05, 0.1) is 26.5 Å². The van der Waals surface area contributed by atoms with Crippen molar-refractivity contribution in [2.24, 2.45) is 0 Å². The van der Waals surface area contributed by atoms with Gasteiger partial charge in [-0.25, -0.2) is 9.97 Å². The van der Waals surface area contributed by atoms with Crippen LogP contribution in [0.1, 0.15) is 5.56 Å². The topological polar surface area (TPSA) is 49.6 Å². The Morgan fingerprint density at radius 3 is 2.63 bits per heavy atom. The summed E-state index contributed by atoms with van der Waals surface area (Å²) in [4.78, 5) is 8.52. The lowest BCUT2D eigenvalue weighted by atomic mass is 10.1. The molecule has 0 N–H and O–H groups in total. The van der Waals surface area contributed by atoms with Crippen molar-refractivity contribution in [1.82, 2.24) is 9.97 Å². The standard InChI is InChI=1S/C13H5BrClN3S/c14-9-6-19-12-10(17-13(15)18-11(9)12)8-3-1-7(5-16)2-4-8/h1-4,6H. The molecule has 0 aliphatic carbocycles. The quantitative estimate of drug-likeness (QED) is 0.600. The first-order chi connectivity index (χ1) is 9.19. The molecule has 0 aliphatic rings. The number of fused-ring (bicyclic) bond motifs is 1. The third kappa shape index (κ3) is 2.23. The number of thiophene rings is 1. The zero-order chi connectivity index (χ0) is 13.4. The van der Waals surface area contributed by atoms with Crippen molar-refractivity contribution in [1.29, 1.82) is 5.26 Å². The predicted octanol–water partition coefficient (Wildman–Crippen LogP) is 4.65. The minimum absolute atomic E-state index is 0.214. The van der Waals surface area contributed by atoms with Gasteiger partial charge in [0.2, 0.25) is 5.28 Å². The number of nitriles is 1. The predicted molar refractivity (Wildman–Crippen MR) is 80.3 cm³/mol. The Balaban J connectivity index is 2.26. The summed E-state index contributed by atoms with van der Waals surface area (Å²) in [6.45, 7) is 0. The number of nitrogens with zero attached hydrogens (tertiary/aromatic N) is 3. The molecular formula is C13H5BrClN3S. The maximum atomic E-state index is 8.82. The van der Waals surface area contributed by atoms with Crippen LogP contribution in [0.5, 0.6) is 0 Å². The molecule has 2 aromatic heterocycles. The van der Waals surface area contributed by atoms with Gasteiger partial charge in [-0.1, -0.05) is 12.1 Å². The van der Waals surface area contributed by atoms with Crippen LogP contribution >= 0.6 is 38.9 Å². The van der Waals surface area contributed by atoms with E-state index < -0.39 is 0 Å². The third-order valence-corrected chi connectivity index (χ3v) is 4.68. The van der Waals surface area contributed by atoms with Crippen molar-refractivity contribution in [3.63, 3.8) is 0 Å². The molecule has 0 radical (unpaired) electrons. The molecule has 0 aliphatic heterocycles. The van der Waals surface area contributed by atoms with Crippen molar-refractivity contribution in [2.75, 3.05) is 0 Å². The molecule has 2 heterocycles. The molecule has 0 bridgehead atoms. The fraction of sp³-hybridized carbons (Fsp3) is 0. The highest BCUT2D eigenvalue weighted by Crippen LogP contribution is 2.36. The van der Waals surface area contributed by atoms with Gasteiger partial charge in [-0.2, -0.15) is 5.26 Å². The molecule has 6 heteroatoms. The van der Waals surface area contributed by atoms with E-state index in [2.05, 4.69) is 32.0 Å². The smallest absolute Gasteiger partial charge is 0.216 e. The number of hydrogen-bond donors (Lipinski definition) is 0. The highest BCUT2D eigenvalue weighted by molar-refractivity contribution is 9.10. The van der Waals surface area contributed by atoms with E-state index in [1.807, 2.05) is 17.5 Å². The Morgan fingerprint density at radius 1 is 1.21 bits per heavy atom. The molecule has 0 atom stereocenters. The minimum atomic E-state index is 0.214. The summed E-state index contributed by atoms with van der Waals surface area (Å²) in [6, 6.07) is 9.35. The normalized spacial score (nSPS) is 10.6. The molecule has 0 saturated heterocycles. The molecular weight excluding hydrogens is 346 g/mol. The van der Waals surface area contributed by atoms with Crippen molar-refractivity contribution >= 4 is 49.1 Å². The maximum Gasteiger partial charge on any atom is 0.223 e. The van der Waals surface area contributed by atoms with Gasteiger partial charge in [-0.3, -0.25) is 0 Å². The lowest BCUT2D eigenvalue weighted by Crippen LogP contribution is -1.89. The number of aromatic nitrogens is 2. The molecule has 0 spiro atoms. The molecule has 19 heavy (non-hydrogen) atoms. The minimum Gasteiger partial charge on any atom is -0.216 e. The lowest BCUT2D eigenvalue weighted by Gasteiger charge is -2.03. The van der Waals surface area contributed by atoms with Gasteiger partial charge >= 0.3 is 0 Å². The van der Waals surface area contributed by atoms with Gasteiger partial charge in [-0.05, 0) is 39.7 Å². The van der Waals surface area contributed by atoms with Crippen LogP contribution in [0.3, 0.4) is 0 Å². The molecule has 0 saturated carbocycles. The summed E-state index contributed by atoms with van der Waals surface area (Å²) < 4.78 is 1.88. The van der Waals surface area contributed by atoms with E-state index in [-0.39, 0.29) is 5.28 Å². The molecule has 0 amide bonds. The average Bonchev–Trinajstić information content (AvgIpc) is 2.80.